The molecular formula is C20H35IN4O2S. The van der Waals surface area contributed by atoms with E-state index in [2.05, 4.69) is 44.8 Å². The van der Waals surface area contributed by atoms with Gasteiger partial charge in [-0.1, -0.05) is 24.3 Å². The molecule has 1 fully saturated rings. The van der Waals surface area contributed by atoms with Crippen molar-refractivity contribution in [1.82, 2.24) is 15.5 Å². The summed E-state index contributed by atoms with van der Waals surface area (Å²) in [7, 11) is -2.94. The summed E-state index contributed by atoms with van der Waals surface area (Å²) in [5.74, 6) is 0.902. The average molecular weight is 522 g/mol. The van der Waals surface area contributed by atoms with Crippen LogP contribution in [-0.4, -0.2) is 57.0 Å². The van der Waals surface area contributed by atoms with E-state index >= 15 is 0 Å². The van der Waals surface area contributed by atoms with E-state index in [4.69, 9.17) is 0 Å². The first-order chi connectivity index (χ1) is 12.9. The van der Waals surface area contributed by atoms with Crippen LogP contribution in [0.15, 0.2) is 29.3 Å². The molecule has 2 rings (SSSR count). The molecule has 0 saturated carbocycles. The maximum absolute atomic E-state index is 11.3. The molecule has 2 N–H and O–H groups in total. The van der Waals surface area contributed by atoms with Gasteiger partial charge in [-0.15, -0.1) is 24.0 Å². The van der Waals surface area contributed by atoms with E-state index in [-0.39, 0.29) is 35.8 Å². The van der Waals surface area contributed by atoms with Gasteiger partial charge >= 0.3 is 0 Å². The number of sulfone groups is 1. The Morgan fingerprint density at radius 1 is 1.18 bits per heavy atom. The molecule has 8 heteroatoms. The Morgan fingerprint density at radius 2 is 1.79 bits per heavy atom. The lowest BCUT2D eigenvalue weighted by Crippen LogP contribution is -2.42. The van der Waals surface area contributed by atoms with Gasteiger partial charge in [0.15, 0.2) is 5.96 Å². The van der Waals surface area contributed by atoms with Gasteiger partial charge in [-0.3, -0.25) is 4.90 Å². The molecule has 160 valence electrons. The molecule has 0 aromatic heterocycles. The van der Waals surface area contributed by atoms with Crippen LogP contribution in [0.4, 0.5) is 0 Å². The van der Waals surface area contributed by atoms with E-state index in [1.807, 2.05) is 13.8 Å². The second-order valence-corrected chi connectivity index (χ2v) is 9.72. The Bertz CT molecular complexity index is 701. The van der Waals surface area contributed by atoms with Crippen LogP contribution in [0.1, 0.15) is 44.2 Å². The van der Waals surface area contributed by atoms with E-state index in [1.165, 1.54) is 43.3 Å². The van der Waals surface area contributed by atoms with Gasteiger partial charge in [-0.2, -0.15) is 0 Å². The van der Waals surface area contributed by atoms with Crippen molar-refractivity contribution in [3.63, 3.8) is 0 Å². The number of rotatable bonds is 9. The summed E-state index contributed by atoms with van der Waals surface area (Å²) < 4.78 is 22.6. The Hall–Kier alpha value is -0.870. The lowest BCUT2D eigenvalue weighted by atomic mass is 10.1. The predicted octanol–water partition coefficient (Wildman–Crippen LogP) is 2.78. The fraction of sp³-hybridized carbons (Fsp3) is 0.650. The molecule has 1 atom stereocenters. The molecule has 0 radical (unpaired) electrons. The highest BCUT2D eigenvalue weighted by Crippen LogP contribution is 2.13. The topological polar surface area (TPSA) is 73.8 Å². The highest BCUT2D eigenvalue weighted by Gasteiger charge is 2.12. The molecule has 28 heavy (non-hydrogen) atoms. The van der Waals surface area contributed by atoms with E-state index < -0.39 is 9.84 Å². The van der Waals surface area contributed by atoms with Crippen LogP contribution in [0.3, 0.4) is 0 Å². The van der Waals surface area contributed by atoms with Crippen molar-refractivity contribution in [2.75, 3.05) is 31.6 Å². The number of nitrogens with zero attached hydrogens (tertiary/aromatic N) is 2. The Kier molecular flexibility index (Phi) is 11.4. The van der Waals surface area contributed by atoms with Gasteiger partial charge in [0.05, 0.1) is 12.3 Å². The van der Waals surface area contributed by atoms with Crippen LogP contribution in [0, 0.1) is 0 Å². The quantitative estimate of drug-likeness (QED) is 0.297. The molecule has 0 bridgehead atoms. The maximum Gasteiger partial charge on any atom is 0.191 e. The van der Waals surface area contributed by atoms with Crippen molar-refractivity contribution in [2.24, 2.45) is 4.99 Å². The van der Waals surface area contributed by atoms with Crippen molar-refractivity contribution in [3.05, 3.63) is 35.4 Å². The number of aliphatic imine (C=N–C) groups is 1. The third-order valence-corrected chi connectivity index (χ3v) is 5.67. The first-order valence-electron chi connectivity index (χ1n) is 9.88. The average Bonchev–Trinajstić information content (AvgIpc) is 3.12. The van der Waals surface area contributed by atoms with Gasteiger partial charge in [0, 0.05) is 25.4 Å². The molecule has 1 aliphatic rings. The summed E-state index contributed by atoms with van der Waals surface area (Å²) in [6.07, 6.45) is 4.46. The third-order valence-electron chi connectivity index (χ3n) is 4.70. The summed E-state index contributed by atoms with van der Waals surface area (Å²) in [6.45, 7) is 8.81. The summed E-state index contributed by atoms with van der Waals surface area (Å²) in [6, 6.07) is 8.72. The molecule has 1 aliphatic heterocycles. The zero-order valence-electron chi connectivity index (χ0n) is 17.3. The summed E-state index contributed by atoms with van der Waals surface area (Å²) in [5.41, 5.74) is 2.52. The summed E-state index contributed by atoms with van der Waals surface area (Å²) in [5, 5.41) is 6.51. The largest absolute Gasteiger partial charge is 0.357 e. The minimum atomic E-state index is -2.94. The molecule has 6 nitrogen and oxygen atoms in total. The number of nitrogens with one attached hydrogen (secondary N) is 2. The minimum Gasteiger partial charge on any atom is -0.357 e. The Morgan fingerprint density at radius 3 is 2.36 bits per heavy atom. The minimum absolute atomic E-state index is 0. The van der Waals surface area contributed by atoms with Crippen LogP contribution >= 0.6 is 24.0 Å². The van der Waals surface area contributed by atoms with E-state index in [1.54, 1.807) is 0 Å². The lowest BCUT2D eigenvalue weighted by Gasteiger charge is -2.17. The first-order valence-corrected chi connectivity index (χ1v) is 11.9. The normalized spacial score (nSPS) is 16.5. The second-order valence-electron chi connectivity index (χ2n) is 7.46. The first kappa shape index (κ1) is 25.2. The zero-order valence-corrected chi connectivity index (χ0v) is 20.4. The van der Waals surface area contributed by atoms with Crippen molar-refractivity contribution in [3.8, 4) is 0 Å². The number of guanidine groups is 1. The van der Waals surface area contributed by atoms with Crippen LogP contribution in [0.2, 0.25) is 0 Å². The fourth-order valence-electron chi connectivity index (χ4n) is 3.14. The van der Waals surface area contributed by atoms with Gasteiger partial charge in [0.25, 0.3) is 0 Å². The predicted molar refractivity (Wildman–Crippen MR) is 128 cm³/mol. The molecule has 0 spiro atoms. The monoisotopic (exact) mass is 522 g/mol. The van der Waals surface area contributed by atoms with Crippen molar-refractivity contribution in [1.29, 1.82) is 0 Å². The molecule has 1 aromatic rings. The van der Waals surface area contributed by atoms with Gasteiger partial charge in [-0.25, -0.2) is 13.4 Å². The fourth-order valence-corrected chi connectivity index (χ4v) is 3.92. The molecular weight excluding hydrogens is 487 g/mol. The number of benzene rings is 1. The number of hydrogen-bond acceptors (Lipinski definition) is 4. The standard InChI is InChI=1S/C20H34N4O2S.HI/c1-4-21-20(23-17(2)11-14-27(3,25)26)22-15-18-7-9-19(10-8-18)16-24-12-5-6-13-24;/h7-10,17H,4-6,11-16H2,1-3H3,(H2,21,22,23);1H. The van der Waals surface area contributed by atoms with Gasteiger partial charge in [0.2, 0.25) is 0 Å². The van der Waals surface area contributed by atoms with E-state index in [0.29, 0.717) is 13.0 Å². The molecule has 0 amide bonds. The smallest absolute Gasteiger partial charge is 0.191 e. The number of halogens is 1. The molecule has 0 aliphatic carbocycles. The SMILES string of the molecule is CCNC(=NCc1ccc(CN2CCCC2)cc1)NC(C)CCS(C)(=O)=O.I. The van der Waals surface area contributed by atoms with Crippen LogP contribution < -0.4 is 10.6 Å². The molecule has 1 aromatic carbocycles. The van der Waals surface area contributed by atoms with Crippen molar-refractivity contribution < 1.29 is 8.42 Å². The van der Waals surface area contributed by atoms with E-state index in [0.717, 1.165) is 19.0 Å². The zero-order chi connectivity index (χ0) is 19.7. The van der Waals surface area contributed by atoms with Crippen molar-refractivity contribution in [2.45, 2.75) is 52.2 Å². The third kappa shape index (κ3) is 10.1. The Balaban J connectivity index is 0.00000392. The maximum atomic E-state index is 11.3. The number of hydrogen-bond donors (Lipinski definition) is 2. The van der Waals surface area contributed by atoms with Crippen molar-refractivity contribution >= 4 is 39.8 Å². The number of likely N-dealkylation sites (tertiary alicyclic amines) is 1. The van der Waals surface area contributed by atoms with Crippen LogP contribution in [0.25, 0.3) is 0 Å². The van der Waals surface area contributed by atoms with Crippen LogP contribution in [-0.2, 0) is 22.9 Å². The highest BCUT2D eigenvalue weighted by atomic mass is 127. The van der Waals surface area contributed by atoms with E-state index in [9.17, 15) is 8.42 Å². The second kappa shape index (κ2) is 12.6. The molecule has 1 saturated heterocycles. The molecule has 1 heterocycles. The summed E-state index contributed by atoms with van der Waals surface area (Å²) >= 11 is 0. The molecule has 1 unspecified atom stereocenters. The van der Waals surface area contributed by atoms with Gasteiger partial charge in [0.1, 0.15) is 9.84 Å². The summed E-state index contributed by atoms with van der Waals surface area (Å²) in [4.78, 5) is 7.13. The highest BCUT2D eigenvalue weighted by molar-refractivity contribution is 14.0. The lowest BCUT2D eigenvalue weighted by molar-refractivity contribution is 0.331. The van der Waals surface area contributed by atoms with Gasteiger partial charge in [-0.05, 0) is 57.3 Å². The Labute approximate surface area is 187 Å². The van der Waals surface area contributed by atoms with Crippen LogP contribution in [0.5, 0.6) is 0 Å². The van der Waals surface area contributed by atoms with Gasteiger partial charge < -0.3 is 10.6 Å².